The van der Waals surface area contributed by atoms with E-state index in [1.54, 1.807) is 6.07 Å². The summed E-state index contributed by atoms with van der Waals surface area (Å²) in [4.78, 5) is 0. The van der Waals surface area contributed by atoms with E-state index in [9.17, 15) is 0 Å². The van der Waals surface area contributed by atoms with Crippen LogP contribution in [0.3, 0.4) is 0 Å². The second-order valence-electron chi connectivity index (χ2n) is 3.89. The molecule has 1 unspecified atom stereocenters. The second-order valence-corrected chi connectivity index (χ2v) is 4.70. The summed E-state index contributed by atoms with van der Waals surface area (Å²) >= 11 is 11.8. The molecule has 0 amide bonds. The molecule has 0 fully saturated rings. The van der Waals surface area contributed by atoms with Crippen molar-refractivity contribution in [3.8, 4) is 0 Å². The Hall–Kier alpha value is -0.500. The number of halogens is 2. The summed E-state index contributed by atoms with van der Waals surface area (Å²) in [5, 5.41) is 1.14. The van der Waals surface area contributed by atoms with E-state index in [1.807, 2.05) is 18.2 Å². The Morgan fingerprint density at radius 2 is 2.07 bits per heavy atom. The van der Waals surface area contributed by atoms with Gasteiger partial charge in [0.1, 0.15) is 0 Å². The maximum Gasteiger partial charge on any atom is 0.0595 e. The lowest BCUT2D eigenvalue weighted by atomic mass is 9.80. The minimum Gasteiger partial charge on any atom is -0.330 e. The third-order valence-corrected chi connectivity index (χ3v) is 3.40. The normalized spacial score (nSPS) is 14.7. The highest BCUT2D eigenvalue weighted by Crippen LogP contribution is 2.31. The van der Waals surface area contributed by atoms with Crippen molar-refractivity contribution in [1.82, 2.24) is 0 Å². The van der Waals surface area contributed by atoms with E-state index in [4.69, 9.17) is 28.9 Å². The van der Waals surface area contributed by atoms with Crippen molar-refractivity contribution in [3.63, 3.8) is 0 Å². The van der Waals surface area contributed by atoms with E-state index >= 15 is 0 Å². The van der Waals surface area contributed by atoms with Crippen LogP contribution >= 0.6 is 23.2 Å². The van der Waals surface area contributed by atoms with Gasteiger partial charge in [-0.05, 0) is 24.1 Å². The molecule has 15 heavy (non-hydrogen) atoms. The topological polar surface area (TPSA) is 26.0 Å². The van der Waals surface area contributed by atoms with Gasteiger partial charge in [-0.25, -0.2) is 0 Å². The van der Waals surface area contributed by atoms with Crippen LogP contribution in [0.1, 0.15) is 18.9 Å². The summed E-state index contributed by atoms with van der Waals surface area (Å²) in [6, 6.07) is 5.64. The fraction of sp³-hybridized carbons (Fsp3) is 0.333. The van der Waals surface area contributed by atoms with Gasteiger partial charge in [0.25, 0.3) is 0 Å². The fourth-order valence-electron chi connectivity index (χ4n) is 1.51. The third kappa shape index (κ3) is 2.75. The number of hydrogen-bond acceptors (Lipinski definition) is 1. The summed E-state index contributed by atoms with van der Waals surface area (Å²) in [6.45, 7) is 6.39. The van der Waals surface area contributed by atoms with Crippen molar-refractivity contribution in [2.45, 2.75) is 18.8 Å². The van der Waals surface area contributed by atoms with Gasteiger partial charge in [-0.1, -0.05) is 42.3 Å². The SMILES string of the molecule is C=CCC(C)(CN)c1ccc(Cl)c(Cl)c1. The molecule has 1 rings (SSSR count). The fourth-order valence-corrected chi connectivity index (χ4v) is 1.81. The predicted octanol–water partition coefficient (Wildman–Crippen LogP) is 3.79. The van der Waals surface area contributed by atoms with Crippen LogP contribution in [0.25, 0.3) is 0 Å². The van der Waals surface area contributed by atoms with Crippen LogP contribution in [0.2, 0.25) is 10.0 Å². The molecule has 0 spiro atoms. The standard InChI is InChI=1S/C12H15Cl2N/c1-3-6-12(2,8-15)9-4-5-10(13)11(14)7-9/h3-5,7H,1,6,8,15H2,2H3. The van der Waals surface area contributed by atoms with Crippen LogP contribution in [0.15, 0.2) is 30.9 Å². The van der Waals surface area contributed by atoms with Gasteiger partial charge >= 0.3 is 0 Å². The van der Waals surface area contributed by atoms with Gasteiger partial charge in [-0.2, -0.15) is 0 Å². The van der Waals surface area contributed by atoms with Gasteiger partial charge in [0.2, 0.25) is 0 Å². The Morgan fingerprint density at radius 3 is 2.53 bits per heavy atom. The number of hydrogen-bond donors (Lipinski definition) is 1. The van der Waals surface area contributed by atoms with Crippen LogP contribution in [0, 0.1) is 0 Å². The van der Waals surface area contributed by atoms with E-state index in [-0.39, 0.29) is 5.41 Å². The van der Waals surface area contributed by atoms with Gasteiger partial charge in [0.05, 0.1) is 10.0 Å². The third-order valence-electron chi connectivity index (χ3n) is 2.66. The maximum absolute atomic E-state index is 5.98. The Kier molecular flexibility index (Phi) is 4.21. The van der Waals surface area contributed by atoms with Crippen LogP contribution in [-0.2, 0) is 5.41 Å². The maximum atomic E-state index is 5.98. The van der Waals surface area contributed by atoms with Crippen LogP contribution in [0.5, 0.6) is 0 Å². The number of allylic oxidation sites excluding steroid dienone is 1. The highest BCUT2D eigenvalue weighted by atomic mass is 35.5. The van der Waals surface area contributed by atoms with E-state index in [1.165, 1.54) is 0 Å². The molecule has 3 heteroatoms. The van der Waals surface area contributed by atoms with Gasteiger partial charge in [0.15, 0.2) is 0 Å². The summed E-state index contributed by atoms with van der Waals surface area (Å²) in [5.41, 5.74) is 6.77. The highest BCUT2D eigenvalue weighted by Gasteiger charge is 2.23. The first-order valence-electron chi connectivity index (χ1n) is 4.80. The van der Waals surface area contributed by atoms with Crippen molar-refractivity contribution < 1.29 is 0 Å². The molecule has 0 radical (unpaired) electrons. The first kappa shape index (κ1) is 12.6. The Labute approximate surface area is 101 Å². The van der Waals surface area contributed by atoms with Gasteiger partial charge in [0, 0.05) is 12.0 Å². The Balaban J connectivity index is 3.12. The lowest BCUT2D eigenvalue weighted by Crippen LogP contribution is -2.31. The summed E-state index contributed by atoms with van der Waals surface area (Å²) in [5.74, 6) is 0. The van der Waals surface area contributed by atoms with E-state index in [0.29, 0.717) is 16.6 Å². The molecule has 1 atom stereocenters. The van der Waals surface area contributed by atoms with Gasteiger partial charge in [-0.3, -0.25) is 0 Å². The molecule has 1 aromatic rings. The predicted molar refractivity (Wildman–Crippen MR) is 67.7 cm³/mol. The molecule has 0 heterocycles. The first-order chi connectivity index (χ1) is 7.03. The Morgan fingerprint density at radius 1 is 1.40 bits per heavy atom. The molecule has 1 nitrogen and oxygen atoms in total. The molecule has 1 aromatic carbocycles. The van der Waals surface area contributed by atoms with Crippen molar-refractivity contribution in [1.29, 1.82) is 0 Å². The lowest BCUT2D eigenvalue weighted by Gasteiger charge is -2.27. The average Bonchev–Trinajstić information content (AvgIpc) is 2.22. The molecular weight excluding hydrogens is 229 g/mol. The number of nitrogens with two attached hydrogens (primary N) is 1. The van der Waals surface area contributed by atoms with Crippen molar-refractivity contribution in [3.05, 3.63) is 46.5 Å². The zero-order valence-corrected chi connectivity index (χ0v) is 10.3. The van der Waals surface area contributed by atoms with Crippen molar-refractivity contribution in [2.75, 3.05) is 6.54 Å². The zero-order valence-electron chi connectivity index (χ0n) is 8.76. The molecule has 0 saturated carbocycles. The minimum atomic E-state index is -0.115. The average molecular weight is 244 g/mol. The summed E-state index contributed by atoms with van der Waals surface area (Å²) < 4.78 is 0. The van der Waals surface area contributed by atoms with Crippen LogP contribution < -0.4 is 5.73 Å². The van der Waals surface area contributed by atoms with Crippen LogP contribution in [-0.4, -0.2) is 6.54 Å². The van der Waals surface area contributed by atoms with Crippen molar-refractivity contribution in [2.24, 2.45) is 5.73 Å². The van der Waals surface area contributed by atoms with Gasteiger partial charge in [-0.15, -0.1) is 6.58 Å². The molecule has 2 N–H and O–H groups in total. The van der Waals surface area contributed by atoms with Crippen LogP contribution in [0.4, 0.5) is 0 Å². The molecule has 82 valence electrons. The minimum absolute atomic E-state index is 0.115. The number of benzene rings is 1. The largest absolute Gasteiger partial charge is 0.330 e. The molecule has 0 saturated heterocycles. The highest BCUT2D eigenvalue weighted by molar-refractivity contribution is 6.42. The van der Waals surface area contributed by atoms with E-state index in [0.717, 1.165) is 12.0 Å². The Bertz CT molecular complexity index is 363. The quantitative estimate of drug-likeness (QED) is 0.801. The first-order valence-corrected chi connectivity index (χ1v) is 5.55. The number of rotatable bonds is 4. The molecule has 0 aliphatic rings. The molecule has 0 aromatic heterocycles. The lowest BCUT2D eigenvalue weighted by molar-refractivity contribution is 0.491. The smallest absolute Gasteiger partial charge is 0.0595 e. The van der Waals surface area contributed by atoms with E-state index < -0.39 is 0 Å². The molecular formula is C12H15Cl2N. The van der Waals surface area contributed by atoms with E-state index in [2.05, 4.69) is 13.5 Å². The zero-order chi connectivity index (χ0) is 11.5. The summed E-state index contributed by atoms with van der Waals surface area (Å²) in [7, 11) is 0. The summed E-state index contributed by atoms with van der Waals surface area (Å²) in [6.07, 6.45) is 2.69. The molecule has 0 aliphatic heterocycles. The molecule has 0 bridgehead atoms. The van der Waals surface area contributed by atoms with Crippen molar-refractivity contribution >= 4 is 23.2 Å². The van der Waals surface area contributed by atoms with Gasteiger partial charge < -0.3 is 5.73 Å². The molecule has 0 aliphatic carbocycles. The monoisotopic (exact) mass is 243 g/mol. The second kappa shape index (κ2) is 5.02.